The van der Waals surface area contributed by atoms with Gasteiger partial charge in [-0.2, -0.15) is 14.8 Å². The van der Waals surface area contributed by atoms with Crippen LogP contribution in [-0.4, -0.2) is 30.4 Å². The predicted molar refractivity (Wildman–Crippen MR) is 119 cm³/mol. The van der Waals surface area contributed by atoms with Crippen molar-refractivity contribution in [3.8, 4) is 12.1 Å². The van der Waals surface area contributed by atoms with E-state index >= 15 is 0 Å². The molecule has 1 aromatic heterocycles. The molecule has 0 N–H and O–H groups in total. The number of rotatable bonds is 7. The molecule has 0 amide bonds. The zero-order chi connectivity index (χ0) is 22.7. The van der Waals surface area contributed by atoms with Crippen molar-refractivity contribution in [3.63, 3.8) is 0 Å². The maximum Gasteiger partial charge on any atom is 0.243 e. The summed E-state index contributed by atoms with van der Waals surface area (Å²) in [7, 11) is -3.89. The molecule has 2 aromatic carbocycles. The molecule has 0 bridgehead atoms. The second-order valence-electron chi connectivity index (χ2n) is 7.94. The third-order valence-corrected chi connectivity index (χ3v) is 7.95. The van der Waals surface area contributed by atoms with Crippen molar-refractivity contribution in [2.75, 3.05) is 13.1 Å². The van der Waals surface area contributed by atoms with Crippen molar-refractivity contribution in [2.45, 2.75) is 43.0 Å². The molecule has 3 aromatic rings. The Morgan fingerprint density at radius 2 is 1.84 bits per heavy atom. The summed E-state index contributed by atoms with van der Waals surface area (Å²) < 4.78 is 43.4. The average Bonchev–Trinajstić information content (AvgIpc) is 3.12. The number of hydrogen-bond acceptors (Lipinski definition) is 4. The Morgan fingerprint density at radius 3 is 2.56 bits per heavy atom. The Morgan fingerprint density at radius 1 is 1.09 bits per heavy atom. The highest BCUT2D eigenvalue weighted by Crippen LogP contribution is 2.40. The number of hydrogen-bond donors (Lipinski definition) is 0. The second kappa shape index (κ2) is 9.12. The minimum atomic E-state index is -3.89. The standard InChI is InChI=1S/C24H23FN4O2S/c25-19-9-11-20(12-10-19)32(30,31)28(15-4-13-26)17-18-5-3-8-23-24(18)21-6-1-2-7-22(21)29(23)16-14-27/h1-2,6-7,9-12,18H,3-5,8,15-17H2. The van der Waals surface area contributed by atoms with E-state index < -0.39 is 15.8 Å². The zero-order valence-corrected chi connectivity index (χ0v) is 18.4. The molecule has 6 nitrogen and oxygen atoms in total. The SMILES string of the molecule is N#CCCN(CC1CCCc2c1c1ccccc1n2CC#N)S(=O)(=O)c1ccc(F)cc1. The molecule has 0 spiro atoms. The highest BCUT2D eigenvalue weighted by atomic mass is 32.2. The first kappa shape index (κ1) is 22.0. The fourth-order valence-electron chi connectivity index (χ4n) is 4.69. The predicted octanol–water partition coefficient (Wildman–Crippen LogP) is 4.33. The van der Waals surface area contributed by atoms with Gasteiger partial charge in [-0.15, -0.1) is 0 Å². The fourth-order valence-corrected chi connectivity index (χ4v) is 6.17. The van der Waals surface area contributed by atoms with Crippen LogP contribution < -0.4 is 0 Å². The van der Waals surface area contributed by atoms with Gasteiger partial charge in [0.1, 0.15) is 12.4 Å². The van der Waals surface area contributed by atoms with E-state index in [9.17, 15) is 18.1 Å². The van der Waals surface area contributed by atoms with E-state index in [4.69, 9.17) is 5.26 Å². The summed E-state index contributed by atoms with van der Waals surface area (Å²) >= 11 is 0. The van der Waals surface area contributed by atoms with Crippen molar-refractivity contribution in [2.24, 2.45) is 0 Å². The van der Waals surface area contributed by atoms with Crippen LogP contribution in [0.3, 0.4) is 0 Å². The largest absolute Gasteiger partial charge is 0.330 e. The van der Waals surface area contributed by atoms with Crippen LogP contribution in [0, 0.1) is 28.5 Å². The maximum absolute atomic E-state index is 13.4. The first-order valence-electron chi connectivity index (χ1n) is 10.6. The van der Waals surface area contributed by atoms with E-state index in [1.807, 2.05) is 34.9 Å². The van der Waals surface area contributed by atoms with Crippen molar-refractivity contribution >= 4 is 20.9 Å². The Labute approximate surface area is 187 Å². The summed E-state index contributed by atoms with van der Waals surface area (Å²) in [6.07, 6.45) is 2.61. The molecule has 4 rings (SSSR count). The first-order chi connectivity index (χ1) is 15.5. The number of sulfonamides is 1. The lowest BCUT2D eigenvalue weighted by Crippen LogP contribution is -2.36. The molecule has 1 atom stereocenters. The molecule has 32 heavy (non-hydrogen) atoms. The van der Waals surface area contributed by atoms with E-state index in [1.54, 1.807) is 0 Å². The summed E-state index contributed by atoms with van der Waals surface area (Å²) in [5, 5.41) is 19.5. The molecule has 1 aliphatic rings. The normalized spacial score (nSPS) is 15.9. The van der Waals surface area contributed by atoms with Crippen molar-refractivity contribution in [1.82, 2.24) is 8.87 Å². The maximum atomic E-state index is 13.4. The Hall–Kier alpha value is -3.20. The zero-order valence-electron chi connectivity index (χ0n) is 17.5. The number of halogens is 1. The van der Waals surface area contributed by atoms with Crippen molar-refractivity contribution in [3.05, 3.63) is 65.6 Å². The number of para-hydroxylation sites is 1. The summed E-state index contributed by atoms with van der Waals surface area (Å²) in [5.41, 5.74) is 3.16. The van der Waals surface area contributed by atoms with Crippen LogP contribution in [0.1, 0.15) is 36.4 Å². The van der Waals surface area contributed by atoms with Gasteiger partial charge in [0.2, 0.25) is 10.0 Å². The second-order valence-corrected chi connectivity index (χ2v) is 9.87. The van der Waals surface area contributed by atoms with Crippen LogP contribution >= 0.6 is 0 Å². The van der Waals surface area contributed by atoms with Crippen LogP contribution in [0.5, 0.6) is 0 Å². The van der Waals surface area contributed by atoms with E-state index in [0.29, 0.717) is 0 Å². The lowest BCUT2D eigenvalue weighted by Gasteiger charge is -2.30. The average molecular weight is 451 g/mol. The van der Waals surface area contributed by atoms with E-state index in [-0.39, 0.29) is 36.9 Å². The minimum Gasteiger partial charge on any atom is -0.330 e. The first-order valence-corrected chi connectivity index (χ1v) is 12.0. The van der Waals surface area contributed by atoms with Crippen LogP contribution in [0.15, 0.2) is 53.4 Å². The van der Waals surface area contributed by atoms with Crippen LogP contribution in [-0.2, 0) is 23.0 Å². The van der Waals surface area contributed by atoms with E-state index in [0.717, 1.165) is 53.6 Å². The van der Waals surface area contributed by atoms with E-state index in [1.165, 1.54) is 16.4 Å². The third-order valence-electron chi connectivity index (χ3n) is 6.07. The summed E-state index contributed by atoms with van der Waals surface area (Å²) in [6, 6.07) is 16.9. The van der Waals surface area contributed by atoms with Gasteiger partial charge in [0, 0.05) is 42.0 Å². The number of nitrogens with zero attached hydrogens (tertiary/aromatic N) is 4. The smallest absolute Gasteiger partial charge is 0.243 e. The molecule has 0 fully saturated rings. The summed E-state index contributed by atoms with van der Waals surface area (Å²) in [5.74, 6) is -0.563. The number of benzene rings is 2. The van der Waals surface area contributed by atoms with Gasteiger partial charge in [0.05, 0.1) is 17.0 Å². The topological polar surface area (TPSA) is 89.9 Å². The van der Waals surface area contributed by atoms with E-state index in [2.05, 4.69) is 6.07 Å². The van der Waals surface area contributed by atoms with Gasteiger partial charge in [-0.1, -0.05) is 18.2 Å². The molecule has 0 aliphatic heterocycles. The Balaban J connectivity index is 1.75. The van der Waals surface area contributed by atoms with Gasteiger partial charge < -0.3 is 4.57 Å². The highest BCUT2D eigenvalue weighted by molar-refractivity contribution is 7.89. The molecule has 8 heteroatoms. The monoisotopic (exact) mass is 450 g/mol. The highest BCUT2D eigenvalue weighted by Gasteiger charge is 2.32. The quantitative estimate of drug-likeness (QED) is 0.536. The van der Waals surface area contributed by atoms with Gasteiger partial charge in [-0.05, 0) is 55.2 Å². The van der Waals surface area contributed by atoms with Gasteiger partial charge in [-0.25, -0.2) is 12.8 Å². The lowest BCUT2D eigenvalue weighted by molar-refractivity contribution is 0.369. The third kappa shape index (κ3) is 4.00. The summed E-state index contributed by atoms with van der Waals surface area (Å²) in [4.78, 5) is 0.0137. The number of fused-ring (bicyclic) bond motifs is 3. The number of aromatic nitrogens is 1. The van der Waals surface area contributed by atoms with Crippen LogP contribution in [0.25, 0.3) is 10.9 Å². The number of nitriles is 2. The molecular formula is C24H23FN4O2S. The molecule has 0 saturated heterocycles. The molecule has 164 valence electrons. The minimum absolute atomic E-state index is 0.0137. The van der Waals surface area contributed by atoms with Crippen LogP contribution in [0.2, 0.25) is 0 Å². The molecule has 1 aliphatic carbocycles. The molecule has 0 radical (unpaired) electrons. The molecule has 0 saturated carbocycles. The Kier molecular flexibility index (Phi) is 6.27. The van der Waals surface area contributed by atoms with Gasteiger partial charge in [-0.3, -0.25) is 0 Å². The van der Waals surface area contributed by atoms with Crippen LogP contribution in [0.4, 0.5) is 4.39 Å². The van der Waals surface area contributed by atoms with Gasteiger partial charge in [0.15, 0.2) is 0 Å². The Bertz CT molecular complexity index is 1320. The van der Waals surface area contributed by atoms with Gasteiger partial charge in [0.25, 0.3) is 0 Å². The molecular weight excluding hydrogens is 427 g/mol. The molecule has 1 heterocycles. The summed E-state index contributed by atoms with van der Waals surface area (Å²) in [6.45, 7) is 0.544. The lowest BCUT2D eigenvalue weighted by atomic mass is 9.85. The van der Waals surface area contributed by atoms with Gasteiger partial charge >= 0.3 is 0 Å². The fraction of sp³-hybridized carbons (Fsp3) is 0.333. The van der Waals surface area contributed by atoms with Crippen molar-refractivity contribution < 1.29 is 12.8 Å². The molecule has 1 unspecified atom stereocenters. The van der Waals surface area contributed by atoms with Crippen molar-refractivity contribution in [1.29, 1.82) is 10.5 Å².